The summed E-state index contributed by atoms with van der Waals surface area (Å²) in [6.07, 6.45) is 1.90. The predicted molar refractivity (Wildman–Crippen MR) is 163 cm³/mol. The highest BCUT2D eigenvalue weighted by atomic mass is 32.2. The molecular weight excluding hydrogens is 553 g/mol. The second-order valence-corrected chi connectivity index (χ2v) is 12.3. The van der Waals surface area contributed by atoms with Crippen LogP contribution in [0.25, 0.3) is 10.8 Å². The van der Waals surface area contributed by atoms with Gasteiger partial charge in [-0.3, -0.25) is 9.59 Å². The summed E-state index contributed by atoms with van der Waals surface area (Å²) in [6.45, 7) is 1.99. The van der Waals surface area contributed by atoms with Gasteiger partial charge < -0.3 is 10.2 Å². The van der Waals surface area contributed by atoms with Gasteiger partial charge in [0, 0.05) is 26.6 Å². The Kier molecular flexibility index (Phi) is 10.4. The van der Waals surface area contributed by atoms with Crippen molar-refractivity contribution in [1.82, 2.24) is 14.5 Å². The third-order valence-corrected chi connectivity index (χ3v) is 8.95. The van der Waals surface area contributed by atoms with Gasteiger partial charge in [0.1, 0.15) is 11.9 Å². The molecule has 7 nitrogen and oxygen atoms in total. The van der Waals surface area contributed by atoms with Crippen molar-refractivity contribution in [1.29, 1.82) is 0 Å². The number of carbonyl (C=O) groups is 2. The van der Waals surface area contributed by atoms with E-state index in [0.717, 1.165) is 33.5 Å². The summed E-state index contributed by atoms with van der Waals surface area (Å²) in [4.78, 5) is 29.0. The smallest absolute Gasteiger partial charge is 0.243 e. The normalized spacial score (nSPS) is 12.3. The number of likely N-dealkylation sites (N-methyl/N-ethyl adjacent to an activating group) is 1. The molecule has 9 heteroatoms. The summed E-state index contributed by atoms with van der Waals surface area (Å²) >= 11 is 0. The molecule has 0 fully saturated rings. The van der Waals surface area contributed by atoms with Crippen LogP contribution in [-0.4, -0.2) is 55.6 Å². The van der Waals surface area contributed by atoms with Crippen molar-refractivity contribution >= 4 is 32.6 Å². The number of rotatable bonds is 13. The topological polar surface area (TPSA) is 86.8 Å². The van der Waals surface area contributed by atoms with E-state index >= 15 is 0 Å². The second-order valence-electron chi connectivity index (χ2n) is 10.3. The van der Waals surface area contributed by atoms with E-state index in [-0.39, 0.29) is 23.8 Å². The van der Waals surface area contributed by atoms with Crippen LogP contribution in [0.15, 0.2) is 102 Å². The van der Waals surface area contributed by atoms with Crippen molar-refractivity contribution < 1.29 is 22.4 Å². The zero-order valence-corrected chi connectivity index (χ0v) is 24.7. The molecule has 0 radical (unpaired) electrons. The average molecular weight is 590 g/mol. The van der Waals surface area contributed by atoms with E-state index in [4.69, 9.17) is 0 Å². The van der Waals surface area contributed by atoms with Crippen LogP contribution < -0.4 is 5.32 Å². The maximum atomic E-state index is 13.9. The summed E-state index contributed by atoms with van der Waals surface area (Å²) < 4.78 is 41.7. The number of benzene rings is 4. The minimum atomic E-state index is -4.02. The molecule has 1 atom stereocenters. The molecule has 0 aliphatic heterocycles. The summed E-state index contributed by atoms with van der Waals surface area (Å²) in [7, 11) is -2.67. The van der Waals surface area contributed by atoms with Crippen LogP contribution in [0.5, 0.6) is 0 Å². The van der Waals surface area contributed by atoms with Crippen LogP contribution >= 0.6 is 0 Å². The van der Waals surface area contributed by atoms with Gasteiger partial charge in [0.2, 0.25) is 21.8 Å². The van der Waals surface area contributed by atoms with Crippen LogP contribution in [0.2, 0.25) is 0 Å². The van der Waals surface area contributed by atoms with E-state index in [1.54, 1.807) is 24.3 Å². The first kappa shape index (κ1) is 30.9. The first-order valence-corrected chi connectivity index (χ1v) is 15.4. The average Bonchev–Trinajstić information content (AvgIpc) is 3.00. The fourth-order valence-electron chi connectivity index (χ4n) is 4.72. The fourth-order valence-corrected chi connectivity index (χ4v) is 5.88. The highest BCUT2D eigenvalue weighted by molar-refractivity contribution is 7.89. The number of halogens is 1. The van der Waals surface area contributed by atoms with Crippen LogP contribution in [0.3, 0.4) is 0 Å². The molecule has 0 aliphatic rings. The van der Waals surface area contributed by atoms with E-state index < -0.39 is 34.3 Å². The monoisotopic (exact) mass is 589 g/mol. The molecule has 0 aliphatic carbocycles. The second kappa shape index (κ2) is 14.2. The van der Waals surface area contributed by atoms with Gasteiger partial charge in [-0.05, 0) is 52.6 Å². The zero-order valence-electron chi connectivity index (χ0n) is 23.9. The van der Waals surface area contributed by atoms with Crippen LogP contribution in [0.1, 0.15) is 30.9 Å². The Morgan fingerprint density at radius 3 is 2.21 bits per heavy atom. The van der Waals surface area contributed by atoms with Gasteiger partial charge in [-0.1, -0.05) is 86.1 Å². The number of hydrogen-bond acceptors (Lipinski definition) is 4. The lowest BCUT2D eigenvalue weighted by atomic mass is 10.0. The molecule has 220 valence electrons. The summed E-state index contributed by atoms with van der Waals surface area (Å²) in [5, 5.41) is 4.60. The maximum Gasteiger partial charge on any atom is 0.243 e. The van der Waals surface area contributed by atoms with E-state index in [9.17, 15) is 22.4 Å². The predicted octanol–water partition coefficient (Wildman–Crippen LogP) is 5.16. The van der Waals surface area contributed by atoms with Crippen molar-refractivity contribution in [3.8, 4) is 0 Å². The number of nitrogens with one attached hydrogen (secondary N) is 1. The third-order valence-electron chi connectivity index (χ3n) is 7.15. The summed E-state index contributed by atoms with van der Waals surface area (Å²) in [6, 6.07) is 26.4. The molecule has 0 saturated carbocycles. The van der Waals surface area contributed by atoms with Gasteiger partial charge in [-0.2, -0.15) is 4.31 Å². The first-order chi connectivity index (χ1) is 20.2. The standard InChI is InChI=1S/C33H36FN3O4S/c1-3-4-20-35-33(39)31(21-25-10-6-5-7-11-25)37(23-26-14-17-29(34)18-15-26)32(38)24-36(2)42(40,41)30-19-16-27-12-8-9-13-28(27)22-30/h5-19,22,31H,3-4,20-21,23-24H2,1-2H3,(H,35,39). The maximum absolute atomic E-state index is 13.9. The molecule has 0 saturated heterocycles. The Balaban J connectivity index is 1.65. The van der Waals surface area contributed by atoms with Crippen molar-refractivity contribution in [2.45, 2.75) is 43.7 Å². The summed E-state index contributed by atoms with van der Waals surface area (Å²) in [5.74, 6) is -1.29. The molecule has 0 heterocycles. The largest absolute Gasteiger partial charge is 0.354 e. The third kappa shape index (κ3) is 7.80. The molecule has 2 amide bonds. The summed E-state index contributed by atoms with van der Waals surface area (Å²) in [5.41, 5.74) is 1.46. The number of amides is 2. The fraction of sp³-hybridized carbons (Fsp3) is 0.273. The molecule has 4 rings (SSSR count). The molecule has 4 aromatic rings. The molecule has 1 unspecified atom stereocenters. The minimum Gasteiger partial charge on any atom is -0.354 e. The number of unbranched alkanes of at least 4 members (excludes halogenated alkanes) is 1. The number of hydrogen-bond donors (Lipinski definition) is 1. The van der Waals surface area contributed by atoms with Crippen LogP contribution in [0.4, 0.5) is 4.39 Å². The van der Waals surface area contributed by atoms with Gasteiger partial charge in [0.15, 0.2) is 0 Å². The molecule has 0 bridgehead atoms. The Bertz CT molecular complexity index is 1610. The number of fused-ring (bicyclic) bond motifs is 1. The number of nitrogens with zero attached hydrogens (tertiary/aromatic N) is 2. The molecular formula is C33H36FN3O4S. The van der Waals surface area contributed by atoms with E-state index in [0.29, 0.717) is 12.1 Å². The highest BCUT2D eigenvalue weighted by Gasteiger charge is 2.33. The first-order valence-electron chi connectivity index (χ1n) is 14.0. The Hall–Kier alpha value is -4.08. The minimum absolute atomic E-state index is 0.00166. The number of sulfonamides is 1. The van der Waals surface area contributed by atoms with Crippen molar-refractivity contribution in [2.24, 2.45) is 0 Å². The van der Waals surface area contributed by atoms with E-state index in [2.05, 4.69) is 5.32 Å². The lowest BCUT2D eigenvalue weighted by Crippen LogP contribution is -2.53. The van der Waals surface area contributed by atoms with Crippen molar-refractivity contribution in [2.75, 3.05) is 20.1 Å². The molecule has 0 spiro atoms. The lowest BCUT2D eigenvalue weighted by molar-refractivity contribution is -0.141. The SMILES string of the molecule is CCCCNC(=O)C(Cc1ccccc1)N(Cc1ccc(F)cc1)C(=O)CN(C)S(=O)(=O)c1ccc2ccccc2c1. The van der Waals surface area contributed by atoms with Crippen LogP contribution in [0, 0.1) is 5.82 Å². The van der Waals surface area contributed by atoms with Crippen molar-refractivity contribution in [3.63, 3.8) is 0 Å². The van der Waals surface area contributed by atoms with E-state index in [1.807, 2.05) is 61.5 Å². The zero-order chi connectivity index (χ0) is 30.1. The van der Waals surface area contributed by atoms with E-state index in [1.165, 1.54) is 30.1 Å². The molecule has 4 aromatic carbocycles. The Morgan fingerprint density at radius 1 is 0.857 bits per heavy atom. The van der Waals surface area contributed by atoms with Crippen LogP contribution in [-0.2, 0) is 32.6 Å². The van der Waals surface area contributed by atoms with Gasteiger partial charge >= 0.3 is 0 Å². The highest BCUT2D eigenvalue weighted by Crippen LogP contribution is 2.22. The van der Waals surface area contributed by atoms with Gasteiger partial charge in [0.05, 0.1) is 11.4 Å². The molecule has 1 N–H and O–H groups in total. The van der Waals surface area contributed by atoms with Gasteiger partial charge in [0.25, 0.3) is 0 Å². The van der Waals surface area contributed by atoms with Gasteiger partial charge in [-0.15, -0.1) is 0 Å². The molecule has 0 aromatic heterocycles. The number of carbonyl (C=O) groups excluding carboxylic acids is 2. The quantitative estimate of drug-likeness (QED) is 0.219. The molecule has 42 heavy (non-hydrogen) atoms. The Morgan fingerprint density at radius 2 is 1.52 bits per heavy atom. The van der Waals surface area contributed by atoms with Crippen molar-refractivity contribution in [3.05, 3.63) is 114 Å². The Labute approximate surface area is 247 Å². The lowest BCUT2D eigenvalue weighted by Gasteiger charge is -2.32. The van der Waals surface area contributed by atoms with Gasteiger partial charge in [-0.25, -0.2) is 12.8 Å².